The lowest BCUT2D eigenvalue weighted by Gasteiger charge is -2.13. The molecule has 1 aromatic rings. The van der Waals surface area contributed by atoms with Gasteiger partial charge in [-0.2, -0.15) is 0 Å². The molecule has 0 atom stereocenters. The molecule has 5 nitrogen and oxygen atoms in total. The van der Waals surface area contributed by atoms with Gasteiger partial charge in [-0.3, -0.25) is 0 Å². The fourth-order valence-corrected chi connectivity index (χ4v) is 2.59. The summed E-state index contributed by atoms with van der Waals surface area (Å²) in [6, 6.07) is 4.10. The van der Waals surface area contributed by atoms with Gasteiger partial charge >= 0.3 is 0 Å². The molecule has 0 spiro atoms. The molecule has 1 aliphatic rings. The molecule has 1 aliphatic heterocycles. The molecule has 1 heterocycles. The number of unbranched alkanes of at least 4 members (excludes halogenated alkanes) is 1. The van der Waals surface area contributed by atoms with Crippen molar-refractivity contribution in [1.29, 1.82) is 0 Å². The number of ether oxygens (including phenoxy) is 5. The predicted molar refractivity (Wildman–Crippen MR) is 92.8 cm³/mol. The van der Waals surface area contributed by atoms with Crippen LogP contribution in [0, 0.1) is 0 Å². The molecule has 0 fully saturated rings. The third kappa shape index (κ3) is 5.96. The van der Waals surface area contributed by atoms with Gasteiger partial charge in [-0.15, -0.1) is 0 Å². The summed E-state index contributed by atoms with van der Waals surface area (Å²) in [7, 11) is 0. The number of hydrogen-bond acceptors (Lipinski definition) is 5. The fraction of sp³-hybridized carbons (Fsp3) is 0.684. The SMILES string of the molecule is CCCCOCCOCCOCc1c(CCC)ccc2c1OCO2. The first kappa shape index (κ1) is 19.0. The van der Waals surface area contributed by atoms with E-state index in [2.05, 4.69) is 19.9 Å². The first-order valence-corrected chi connectivity index (χ1v) is 9.00. The summed E-state index contributed by atoms with van der Waals surface area (Å²) < 4.78 is 27.8. The van der Waals surface area contributed by atoms with Crippen LogP contribution < -0.4 is 9.47 Å². The van der Waals surface area contributed by atoms with Crippen molar-refractivity contribution >= 4 is 0 Å². The molecular formula is C19H30O5. The average molecular weight is 338 g/mol. The topological polar surface area (TPSA) is 46.2 Å². The molecule has 136 valence electrons. The van der Waals surface area contributed by atoms with Gasteiger partial charge in [0.05, 0.1) is 33.0 Å². The maximum absolute atomic E-state index is 5.78. The second-order valence-electron chi connectivity index (χ2n) is 5.82. The molecule has 0 unspecified atom stereocenters. The zero-order valence-electron chi connectivity index (χ0n) is 15.0. The molecule has 0 radical (unpaired) electrons. The van der Waals surface area contributed by atoms with Crippen LogP contribution in [0.15, 0.2) is 12.1 Å². The van der Waals surface area contributed by atoms with Gasteiger partial charge < -0.3 is 23.7 Å². The Hall–Kier alpha value is -1.30. The Morgan fingerprint density at radius 3 is 2.38 bits per heavy atom. The van der Waals surface area contributed by atoms with Crippen LogP contribution in [0.1, 0.15) is 44.2 Å². The Labute approximate surface area is 145 Å². The van der Waals surface area contributed by atoms with E-state index in [1.54, 1.807) is 0 Å². The molecule has 2 rings (SSSR count). The summed E-state index contributed by atoms with van der Waals surface area (Å²) >= 11 is 0. The maximum atomic E-state index is 5.78. The Kier molecular flexibility index (Phi) is 8.95. The molecule has 24 heavy (non-hydrogen) atoms. The normalized spacial score (nSPS) is 12.8. The van der Waals surface area contributed by atoms with Crippen LogP contribution in [0.2, 0.25) is 0 Å². The number of hydrogen-bond donors (Lipinski definition) is 0. The summed E-state index contributed by atoms with van der Waals surface area (Å²) in [6.45, 7) is 8.37. The minimum Gasteiger partial charge on any atom is -0.454 e. The van der Waals surface area contributed by atoms with Crippen molar-refractivity contribution in [1.82, 2.24) is 0 Å². The fourth-order valence-electron chi connectivity index (χ4n) is 2.59. The summed E-state index contributed by atoms with van der Waals surface area (Å²) in [5.74, 6) is 1.65. The molecule has 0 amide bonds. The molecule has 0 N–H and O–H groups in total. The second kappa shape index (κ2) is 11.3. The minimum absolute atomic E-state index is 0.291. The lowest BCUT2D eigenvalue weighted by Crippen LogP contribution is -2.10. The van der Waals surface area contributed by atoms with E-state index in [-0.39, 0.29) is 0 Å². The lowest BCUT2D eigenvalue weighted by molar-refractivity contribution is 0.00976. The smallest absolute Gasteiger partial charge is 0.231 e. The van der Waals surface area contributed by atoms with Crippen molar-refractivity contribution in [2.24, 2.45) is 0 Å². The molecule has 0 bridgehead atoms. The van der Waals surface area contributed by atoms with E-state index in [9.17, 15) is 0 Å². The predicted octanol–water partition coefficient (Wildman–Crippen LogP) is 3.72. The van der Waals surface area contributed by atoms with Crippen molar-refractivity contribution in [3.63, 3.8) is 0 Å². The van der Waals surface area contributed by atoms with Crippen molar-refractivity contribution in [3.8, 4) is 11.5 Å². The third-order valence-corrected chi connectivity index (χ3v) is 3.89. The zero-order valence-corrected chi connectivity index (χ0v) is 15.0. The van der Waals surface area contributed by atoms with Gasteiger partial charge in [-0.25, -0.2) is 0 Å². The van der Waals surface area contributed by atoms with Crippen LogP contribution in [0.4, 0.5) is 0 Å². The van der Waals surface area contributed by atoms with E-state index >= 15 is 0 Å². The van der Waals surface area contributed by atoms with E-state index in [4.69, 9.17) is 23.7 Å². The number of aryl methyl sites for hydroxylation is 1. The summed E-state index contributed by atoms with van der Waals surface area (Å²) in [5, 5.41) is 0. The van der Waals surface area contributed by atoms with Gasteiger partial charge in [0.15, 0.2) is 11.5 Å². The molecule has 0 aromatic heterocycles. The summed E-state index contributed by atoms with van der Waals surface area (Å²) in [5.41, 5.74) is 2.38. The van der Waals surface area contributed by atoms with E-state index in [0.29, 0.717) is 39.8 Å². The van der Waals surface area contributed by atoms with Crippen molar-refractivity contribution < 1.29 is 23.7 Å². The molecular weight excluding hydrogens is 308 g/mol. The highest BCUT2D eigenvalue weighted by atomic mass is 16.7. The monoisotopic (exact) mass is 338 g/mol. The van der Waals surface area contributed by atoms with Crippen LogP contribution in [0.25, 0.3) is 0 Å². The summed E-state index contributed by atoms with van der Waals surface area (Å²) in [4.78, 5) is 0. The van der Waals surface area contributed by atoms with Gasteiger partial charge in [0.25, 0.3) is 0 Å². The average Bonchev–Trinajstić information content (AvgIpc) is 3.07. The van der Waals surface area contributed by atoms with Crippen LogP contribution in [0.3, 0.4) is 0 Å². The highest BCUT2D eigenvalue weighted by molar-refractivity contribution is 5.52. The Morgan fingerprint density at radius 1 is 0.875 bits per heavy atom. The Morgan fingerprint density at radius 2 is 1.62 bits per heavy atom. The van der Waals surface area contributed by atoms with Crippen molar-refractivity contribution in [3.05, 3.63) is 23.3 Å². The lowest BCUT2D eigenvalue weighted by atomic mass is 10.0. The van der Waals surface area contributed by atoms with Crippen LogP contribution >= 0.6 is 0 Å². The van der Waals surface area contributed by atoms with E-state index in [0.717, 1.165) is 49.4 Å². The molecule has 0 aliphatic carbocycles. The van der Waals surface area contributed by atoms with Crippen molar-refractivity contribution in [2.45, 2.75) is 46.1 Å². The van der Waals surface area contributed by atoms with Gasteiger partial charge in [-0.05, 0) is 24.5 Å². The van der Waals surface area contributed by atoms with Gasteiger partial charge in [0, 0.05) is 12.2 Å². The van der Waals surface area contributed by atoms with Gasteiger partial charge in [0.1, 0.15) is 0 Å². The first-order chi connectivity index (χ1) is 11.9. The van der Waals surface area contributed by atoms with Crippen LogP contribution in [-0.2, 0) is 27.2 Å². The third-order valence-electron chi connectivity index (χ3n) is 3.89. The molecule has 0 saturated carbocycles. The standard InChI is InChI=1S/C19H30O5/c1-3-5-9-20-10-11-21-12-13-22-14-17-16(6-4-2)7-8-18-19(17)24-15-23-18/h7-8H,3-6,9-15H2,1-2H3. The Balaban J connectivity index is 1.66. The van der Waals surface area contributed by atoms with Crippen LogP contribution in [-0.4, -0.2) is 39.8 Å². The number of fused-ring (bicyclic) bond motifs is 1. The van der Waals surface area contributed by atoms with E-state index < -0.39 is 0 Å². The number of benzene rings is 1. The minimum atomic E-state index is 0.291. The van der Waals surface area contributed by atoms with Gasteiger partial charge in [0.2, 0.25) is 6.79 Å². The van der Waals surface area contributed by atoms with Crippen LogP contribution in [0.5, 0.6) is 11.5 Å². The Bertz CT molecular complexity index is 475. The second-order valence-corrected chi connectivity index (χ2v) is 5.82. The van der Waals surface area contributed by atoms with Gasteiger partial charge in [-0.1, -0.05) is 32.8 Å². The molecule has 5 heteroatoms. The highest BCUT2D eigenvalue weighted by Crippen LogP contribution is 2.38. The molecule has 1 aromatic carbocycles. The first-order valence-electron chi connectivity index (χ1n) is 9.00. The summed E-state index contributed by atoms with van der Waals surface area (Å²) in [6.07, 6.45) is 4.37. The molecule has 0 saturated heterocycles. The van der Waals surface area contributed by atoms with E-state index in [1.807, 2.05) is 6.07 Å². The van der Waals surface area contributed by atoms with Crippen molar-refractivity contribution in [2.75, 3.05) is 39.8 Å². The largest absolute Gasteiger partial charge is 0.454 e. The highest BCUT2D eigenvalue weighted by Gasteiger charge is 2.20. The number of rotatable bonds is 13. The zero-order chi connectivity index (χ0) is 17.0. The van der Waals surface area contributed by atoms with E-state index in [1.165, 1.54) is 5.56 Å². The maximum Gasteiger partial charge on any atom is 0.231 e. The quantitative estimate of drug-likeness (QED) is 0.513.